The molecule has 0 amide bonds. The van der Waals surface area contributed by atoms with E-state index < -0.39 is 17.5 Å². The fourth-order valence-corrected chi connectivity index (χ4v) is 4.85. The Kier molecular flexibility index (Phi) is 5.24. The van der Waals surface area contributed by atoms with Crippen LogP contribution in [-0.2, 0) is 0 Å². The zero-order valence-electron chi connectivity index (χ0n) is 17.8. The molecule has 0 bridgehead atoms. The van der Waals surface area contributed by atoms with Gasteiger partial charge in [0.15, 0.2) is 0 Å². The van der Waals surface area contributed by atoms with Gasteiger partial charge in [0.05, 0.1) is 16.3 Å². The van der Waals surface area contributed by atoms with E-state index in [-0.39, 0.29) is 0 Å². The first-order valence-corrected chi connectivity index (χ1v) is 11.1. The highest BCUT2D eigenvalue weighted by Crippen LogP contribution is 2.41. The van der Waals surface area contributed by atoms with E-state index in [9.17, 15) is 18.0 Å². The zero-order valence-corrected chi connectivity index (χ0v) is 18.7. The van der Waals surface area contributed by atoms with Crippen molar-refractivity contribution >= 4 is 56.6 Å². The van der Waals surface area contributed by atoms with Gasteiger partial charge < -0.3 is 16.0 Å². The van der Waals surface area contributed by atoms with Crippen molar-refractivity contribution in [3.05, 3.63) is 76.1 Å². The Hall–Kier alpha value is -3.92. The number of rotatable bonds is 4. The quantitative estimate of drug-likeness (QED) is 0.354. The third-order valence-corrected chi connectivity index (χ3v) is 6.51. The first-order chi connectivity index (χ1) is 16.2. The zero-order chi connectivity index (χ0) is 24.0. The SMILES string of the molecule is Cc1ccc2c(Nc3cccc(C(=O)C(F)(F)F)c3)nccc2c1N1CN=C(N)c2sccc21. The molecule has 0 saturated carbocycles. The van der Waals surface area contributed by atoms with Crippen LogP contribution in [0.1, 0.15) is 20.8 Å². The molecule has 0 atom stereocenters. The predicted molar refractivity (Wildman–Crippen MR) is 129 cm³/mol. The van der Waals surface area contributed by atoms with E-state index in [1.807, 2.05) is 36.6 Å². The Morgan fingerprint density at radius 2 is 1.97 bits per heavy atom. The van der Waals surface area contributed by atoms with Crippen LogP contribution in [-0.4, -0.2) is 29.4 Å². The number of hydrogen-bond acceptors (Lipinski definition) is 7. The summed E-state index contributed by atoms with van der Waals surface area (Å²) in [7, 11) is 0. The standard InChI is InChI=1S/C24H18F3N5OS/c1-13-5-6-17-16(19(13)32-12-30-22(28)20-18(32)8-10-34-20)7-9-29-23(17)31-15-4-2-3-14(11-15)21(33)24(25,26)27/h2-11H,12H2,1H3,(H2,28,30)(H,29,31). The van der Waals surface area contributed by atoms with Crippen molar-refractivity contribution in [2.75, 3.05) is 16.9 Å². The van der Waals surface area contributed by atoms with Crippen LogP contribution in [0.2, 0.25) is 0 Å². The fourth-order valence-electron chi connectivity index (χ4n) is 4.04. The lowest BCUT2D eigenvalue weighted by Crippen LogP contribution is -2.28. The van der Waals surface area contributed by atoms with Gasteiger partial charge in [-0.1, -0.05) is 24.3 Å². The smallest absolute Gasteiger partial charge is 0.383 e. The molecule has 2 aromatic carbocycles. The maximum atomic E-state index is 12.9. The van der Waals surface area contributed by atoms with Gasteiger partial charge in [0, 0.05) is 28.2 Å². The number of aryl methyl sites for hydroxylation is 1. The van der Waals surface area contributed by atoms with Crippen molar-refractivity contribution < 1.29 is 18.0 Å². The number of nitrogens with one attached hydrogen (secondary N) is 1. The molecular formula is C24H18F3N5OS. The lowest BCUT2D eigenvalue weighted by molar-refractivity contribution is -0.0885. The van der Waals surface area contributed by atoms with Gasteiger partial charge in [-0.3, -0.25) is 4.79 Å². The number of Topliss-reactive ketones (excluding diaryl/α,β-unsaturated/α-hetero) is 1. The Balaban J connectivity index is 1.57. The van der Waals surface area contributed by atoms with Crippen molar-refractivity contribution in [3.63, 3.8) is 0 Å². The Morgan fingerprint density at radius 1 is 1.15 bits per heavy atom. The molecule has 0 spiro atoms. The molecule has 1 aliphatic heterocycles. The van der Waals surface area contributed by atoms with E-state index in [0.717, 1.165) is 38.7 Å². The minimum absolute atomic E-state index is 0.327. The number of carbonyl (C=O) groups is 1. The van der Waals surface area contributed by atoms with Gasteiger partial charge in [0.2, 0.25) is 0 Å². The lowest BCUT2D eigenvalue weighted by Gasteiger charge is -2.29. The van der Waals surface area contributed by atoms with E-state index in [1.165, 1.54) is 23.5 Å². The second-order valence-electron chi connectivity index (χ2n) is 7.77. The molecule has 1 aliphatic rings. The molecule has 3 N–H and O–H groups in total. The molecule has 0 fully saturated rings. The van der Waals surface area contributed by atoms with Gasteiger partial charge in [-0.25, -0.2) is 9.98 Å². The number of thiophene rings is 1. The summed E-state index contributed by atoms with van der Waals surface area (Å²) in [6, 6.07) is 13.1. The van der Waals surface area contributed by atoms with Crippen LogP contribution < -0.4 is 16.0 Å². The first kappa shape index (κ1) is 21.9. The molecule has 34 heavy (non-hydrogen) atoms. The third kappa shape index (κ3) is 3.75. The Morgan fingerprint density at radius 3 is 2.76 bits per heavy atom. The topological polar surface area (TPSA) is 83.6 Å². The molecule has 0 radical (unpaired) electrons. The van der Waals surface area contributed by atoms with Crippen LogP contribution in [0.5, 0.6) is 0 Å². The molecule has 2 aromatic heterocycles. The number of nitrogens with two attached hydrogens (primary N) is 1. The highest BCUT2D eigenvalue weighted by molar-refractivity contribution is 7.12. The molecule has 6 nitrogen and oxygen atoms in total. The number of benzene rings is 2. The first-order valence-electron chi connectivity index (χ1n) is 10.3. The summed E-state index contributed by atoms with van der Waals surface area (Å²) in [6.45, 7) is 2.37. The summed E-state index contributed by atoms with van der Waals surface area (Å²) in [5, 5.41) is 6.71. The second kappa shape index (κ2) is 8.14. The number of aliphatic imine (C=N–C) groups is 1. The highest BCUT2D eigenvalue weighted by Gasteiger charge is 2.39. The fraction of sp³-hybridized carbons (Fsp3) is 0.125. The van der Waals surface area contributed by atoms with E-state index in [2.05, 4.69) is 20.2 Å². The minimum atomic E-state index is -4.94. The maximum Gasteiger partial charge on any atom is 0.454 e. The molecule has 10 heteroatoms. The molecule has 0 unspecified atom stereocenters. The van der Waals surface area contributed by atoms with Gasteiger partial charge in [-0.05, 0) is 42.1 Å². The largest absolute Gasteiger partial charge is 0.454 e. The Bertz CT molecular complexity index is 1460. The van der Waals surface area contributed by atoms with Gasteiger partial charge in [-0.2, -0.15) is 13.2 Å². The van der Waals surface area contributed by atoms with E-state index >= 15 is 0 Å². The van der Waals surface area contributed by atoms with E-state index in [1.54, 1.807) is 12.3 Å². The van der Waals surface area contributed by atoms with Gasteiger partial charge in [0.25, 0.3) is 5.78 Å². The van der Waals surface area contributed by atoms with Crippen molar-refractivity contribution in [3.8, 4) is 0 Å². The van der Waals surface area contributed by atoms with E-state index in [4.69, 9.17) is 5.73 Å². The molecule has 3 heterocycles. The second-order valence-corrected chi connectivity index (χ2v) is 8.68. The summed E-state index contributed by atoms with van der Waals surface area (Å²) >= 11 is 1.52. The number of ketones is 1. The van der Waals surface area contributed by atoms with Crippen LogP contribution >= 0.6 is 11.3 Å². The molecule has 0 saturated heterocycles. The number of carbonyl (C=O) groups excluding carboxylic acids is 1. The van der Waals surface area contributed by atoms with Gasteiger partial charge in [-0.15, -0.1) is 11.3 Å². The number of amidine groups is 1. The number of hydrogen-bond donors (Lipinski definition) is 2. The number of pyridine rings is 1. The van der Waals surface area contributed by atoms with Gasteiger partial charge >= 0.3 is 6.18 Å². The summed E-state index contributed by atoms with van der Waals surface area (Å²) < 4.78 is 38.6. The minimum Gasteiger partial charge on any atom is -0.383 e. The average Bonchev–Trinajstić information content (AvgIpc) is 3.30. The predicted octanol–water partition coefficient (Wildman–Crippen LogP) is 5.91. The van der Waals surface area contributed by atoms with Crippen LogP contribution in [0.4, 0.5) is 36.1 Å². The average molecular weight is 482 g/mol. The van der Waals surface area contributed by atoms with Crippen molar-refractivity contribution in [2.24, 2.45) is 10.7 Å². The summed E-state index contributed by atoms with van der Waals surface area (Å²) in [6.07, 6.45) is -3.31. The number of fused-ring (bicyclic) bond motifs is 2. The number of halogens is 3. The van der Waals surface area contributed by atoms with Crippen molar-refractivity contribution in [1.82, 2.24) is 4.98 Å². The summed E-state index contributed by atoms with van der Waals surface area (Å²) in [4.78, 5) is 23.5. The number of nitrogens with zero attached hydrogens (tertiary/aromatic N) is 3. The van der Waals surface area contributed by atoms with Crippen LogP contribution in [0.15, 0.2) is 65.1 Å². The molecule has 172 valence electrons. The summed E-state index contributed by atoms with van der Waals surface area (Å²) in [5.74, 6) is -0.922. The highest BCUT2D eigenvalue weighted by atomic mass is 32.1. The van der Waals surface area contributed by atoms with Crippen LogP contribution in [0.25, 0.3) is 10.8 Å². The van der Waals surface area contributed by atoms with Crippen molar-refractivity contribution in [2.45, 2.75) is 13.1 Å². The lowest BCUT2D eigenvalue weighted by atomic mass is 10.0. The maximum absolute atomic E-state index is 12.9. The number of aromatic nitrogens is 1. The molecule has 4 aromatic rings. The molecular weight excluding hydrogens is 463 g/mol. The number of anilines is 4. The molecule has 5 rings (SSSR count). The van der Waals surface area contributed by atoms with Gasteiger partial charge in [0.1, 0.15) is 18.3 Å². The monoisotopic (exact) mass is 481 g/mol. The van der Waals surface area contributed by atoms with Crippen molar-refractivity contribution in [1.29, 1.82) is 0 Å². The molecule has 0 aliphatic carbocycles. The normalized spacial score (nSPS) is 13.5. The van der Waals surface area contributed by atoms with Crippen LogP contribution in [0.3, 0.4) is 0 Å². The Labute approximate surface area is 196 Å². The summed E-state index contributed by atoms with van der Waals surface area (Å²) in [5.41, 5.74) is 8.89. The third-order valence-electron chi connectivity index (χ3n) is 5.58. The van der Waals surface area contributed by atoms with Crippen LogP contribution in [0, 0.1) is 6.92 Å². The number of alkyl halides is 3. The van der Waals surface area contributed by atoms with E-state index in [0.29, 0.717) is 24.0 Å².